The van der Waals surface area contributed by atoms with E-state index in [4.69, 9.17) is 9.47 Å². The van der Waals surface area contributed by atoms with E-state index in [0.717, 1.165) is 84.2 Å². The van der Waals surface area contributed by atoms with E-state index in [2.05, 4.69) is 45.7 Å². The molecule has 0 atom stereocenters. The van der Waals surface area contributed by atoms with Gasteiger partial charge in [-0.3, -0.25) is 26.2 Å². The van der Waals surface area contributed by atoms with E-state index in [1.165, 1.54) is 0 Å². The summed E-state index contributed by atoms with van der Waals surface area (Å²) in [5, 5.41) is 11.1. The summed E-state index contributed by atoms with van der Waals surface area (Å²) in [6.07, 6.45) is 8.30. The van der Waals surface area contributed by atoms with Gasteiger partial charge in [0.25, 0.3) is 0 Å². The Balaban J connectivity index is 1.26. The third-order valence-corrected chi connectivity index (χ3v) is 8.11. The van der Waals surface area contributed by atoms with Crippen LogP contribution < -0.4 is 26.8 Å². The van der Waals surface area contributed by atoms with E-state index in [9.17, 15) is 9.59 Å². The molecule has 3 rings (SSSR count). The van der Waals surface area contributed by atoms with Crippen LogP contribution >= 0.6 is 0 Å². The minimum absolute atomic E-state index is 0.0585. The van der Waals surface area contributed by atoms with Crippen LogP contribution in [0.4, 0.5) is 4.79 Å². The summed E-state index contributed by atoms with van der Waals surface area (Å²) in [6, 6.07) is 0.531. The Bertz CT molecular complexity index is 694. The number of ether oxygens (including phenoxy) is 2. The molecule has 1 saturated heterocycles. The Labute approximate surface area is 223 Å². The number of nitrogens with zero attached hydrogens (tertiary/aromatic N) is 1. The molecule has 10 nitrogen and oxygen atoms in total. The second-order valence-electron chi connectivity index (χ2n) is 12.1. The Hall–Kier alpha value is -1.46. The molecular formula is C27H52N6O4. The van der Waals surface area contributed by atoms with Crippen molar-refractivity contribution in [1.29, 1.82) is 0 Å². The Morgan fingerprint density at radius 3 is 2.16 bits per heavy atom. The van der Waals surface area contributed by atoms with E-state index >= 15 is 0 Å². The van der Waals surface area contributed by atoms with Crippen LogP contribution in [0.25, 0.3) is 0 Å². The molecule has 0 aromatic heterocycles. The molecule has 0 spiro atoms. The monoisotopic (exact) mass is 524 g/mol. The lowest BCUT2D eigenvalue weighted by atomic mass is 9.75. The first-order valence-corrected chi connectivity index (χ1v) is 14.4. The molecule has 37 heavy (non-hydrogen) atoms. The van der Waals surface area contributed by atoms with Crippen LogP contribution in [0.3, 0.4) is 0 Å². The Morgan fingerprint density at radius 2 is 1.57 bits per heavy atom. The van der Waals surface area contributed by atoms with E-state index in [0.29, 0.717) is 24.0 Å². The van der Waals surface area contributed by atoms with Crippen molar-refractivity contribution in [2.75, 3.05) is 39.8 Å². The maximum atomic E-state index is 12.5. The highest BCUT2D eigenvalue weighted by atomic mass is 16.6. The smallest absolute Gasteiger partial charge is 0.426 e. The molecule has 2 saturated carbocycles. The van der Waals surface area contributed by atoms with Crippen LogP contribution in [0.2, 0.25) is 0 Å². The fourth-order valence-electron chi connectivity index (χ4n) is 5.67. The standard InChI is InChI=1S/C27H52N6O4/c1-6-33(5)15-16-36-23-13-11-22(12-14-23)30-25-28-17-21(18-29-25)19-7-9-20(10-8-19)24(34)31-32-26(35)37-27(2,3)4/h19-23,25,28-30H,6-18H2,1-5H3,(H,31,34)(H,32,35). The summed E-state index contributed by atoms with van der Waals surface area (Å²) in [4.78, 5) is 26.5. The van der Waals surface area contributed by atoms with Crippen LogP contribution in [0.15, 0.2) is 0 Å². The number of nitrogens with one attached hydrogen (secondary N) is 5. The predicted molar refractivity (Wildman–Crippen MR) is 145 cm³/mol. The van der Waals surface area contributed by atoms with Gasteiger partial charge >= 0.3 is 6.09 Å². The second-order valence-corrected chi connectivity index (χ2v) is 12.1. The van der Waals surface area contributed by atoms with Crippen molar-refractivity contribution in [2.45, 2.75) is 103 Å². The van der Waals surface area contributed by atoms with Gasteiger partial charge in [0.05, 0.1) is 12.7 Å². The van der Waals surface area contributed by atoms with Crippen molar-refractivity contribution in [3.05, 3.63) is 0 Å². The molecular weight excluding hydrogens is 472 g/mol. The average Bonchev–Trinajstić information content (AvgIpc) is 2.88. The summed E-state index contributed by atoms with van der Waals surface area (Å²) in [5.74, 6) is 1.01. The van der Waals surface area contributed by atoms with Gasteiger partial charge < -0.3 is 14.4 Å². The molecule has 2 aliphatic carbocycles. The quantitative estimate of drug-likeness (QED) is 0.292. The third kappa shape index (κ3) is 10.7. The van der Waals surface area contributed by atoms with Crippen LogP contribution in [-0.4, -0.2) is 80.8 Å². The molecule has 0 aromatic carbocycles. The van der Waals surface area contributed by atoms with Crippen LogP contribution in [0, 0.1) is 17.8 Å². The lowest BCUT2D eigenvalue weighted by molar-refractivity contribution is -0.127. The molecule has 0 unspecified atom stereocenters. The first-order valence-electron chi connectivity index (χ1n) is 14.4. The zero-order chi connectivity index (χ0) is 26.8. The minimum atomic E-state index is -0.631. The van der Waals surface area contributed by atoms with E-state index in [1.807, 2.05) is 0 Å². The molecule has 214 valence electrons. The number of rotatable bonds is 9. The number of likely N-dealkylation sites (N-methyl/N-ethyl adjacent to an activating group) is 1. The van der Waals surface area contributed by atoms with Gasteiger partial charge in [0.2, 0.25) is 5.91 Å². The van der Waals surface area contributed by atoms with Gasteiger partial charge in [0, 0.05) is 31.6 Å². The number of amides is 2. The normalized spacial score (nSPS) is 31.1. The van der Waals surface area contributed by atoms with Crippen molar-refractivity contribution < 1.29 is 19.1 Å². The van der Waals surface area contributed by atoms with Gasteiger partial charge in [0.15, 0.2) is 0 Å². The van der Waals surface area contributed by atoms with E-state index in [-0.39, 0.29) is 18.1 Å². The second kappa shape index (κ2) is 14.6. The molecule has 3 fully saturated rings. The number of carbonyl (C=O) groups excluding carboxylic acids is 2. The summed E-state index contributed by atoms with van der Waals surface area (Å²) >= 11 is 0. The number of hydrogen-bond acceptors (Lipinski definition) is 8. The zero-order valence-corrected chi connectivity index (χ0v) is 23.7. The summed E-state index contributed by atoms with van der Waals surface area (Å²) in [5.41, 5.74) is 4.30. The number of hydrogen-bond donors (Lipinski definition) is 5. The molecule has 3 aliphatic rings. The highest BCUT2D eigenvalue weighted by Crippen LogP contribution is 2.34. The maximum Gasteiger partial charge on any atom is 0.426 e. The highest BCUT2D eigenvalue weighted by Gasteiger charge is 2.33. The topological polar surface area (TPSA) is 116 Å². The average molecular weight is 525 g/mol. The zero-order valence-electron chi connectivity index (χ0n) is 23.7. The molecule has 0 aromatic rings. The van der Waals surface area contributed by atoms with Crippen LogP contribution in [-0.2, 0) is 14.3 Å². The predicted octanol–water partition coefficient (Wildman–Crippen LogP) is 2.31. The Kier molecular flexibility index (Phi) is 11.9. The Morgan fingerprint density at radius 1 is 0.919 bits per heavy atom. The molecule has 0 bridgehead atoms. The molecule has 2 amide bonds. The molecule has 1 heterocycles. The van der Waals surface area contributed by atoms with Gasteiger partial charge in [-0.1, -0.05) is 6.92 Å². The maximum absolute atomic E-state index is 12.5. The van der Waals surface area contributed by atoms with Crippen molar-refractivity contribution in [3.63, 3.8) is 0 Å². The van der Waals surface area contributed by atoms with Crippen molar-refractivity contribution >= 4 is 12.0 Å². The van der Waals surface area contributed by atoms with Crippen LogP contribution in [0.5, 0.6) is 0 Å². The fourth-order valence-corrected chi connectivity index (χ4v) is 5.67. The summed E-state index contributed by atoms with van der Waals surface area (Å²) < 4.78 is 11.3. The number of carbonyl (C=O) groups is 2. The SMILES string of the molecule is CCN(C)CCOC1CCC(NC2NCC(C3CCC(C(=O)NNC(=O)OC(C)(C)C)CC3)CN2)CC1. The molecule has 1 aliphatic heterocycles. The molecule has 5 N–H and O–H groups in total. The van der Waals surface area contributed by atoms with Gasteiger partial charge in [-0.05, 0) is 97.6 Å². The van der Waals surface area contributed by atoms with E-state index in [1.54, 1.807) is 20.8 Å². The van der Waals surface area contributed by atoms with Crippen molar-refractivity contribution in [1.82, 2.24) is 31.7 Å². The van der Waals surface area contributed by atoms with Gasteiger partial charge in [-0.2, -0.15) is 0 Å². The van der Waals surface area contributed by atoms with E-state index < -0.39 is 11.7 Å². The van der Waals surface area contributed by atoms with Gasteiger partial charge in [0.1, 0.15) is 11.9 Å². The highest BCUT2D eigenvalue weighted by molar-refractivity contribution is 5.81. The van der Waals surface area contributed by atoms with Crippen LogP contribution in [0.1, 0.15) is 79.1 Å². The van der Waals surface area contributed by atoms with Gasteiger partial charge in [-0.25, -0.2) is 10.2 Å². The first kappa shape index (κ1) is 30.1. The third-order valence-electron chi connectivity index (χ3n) is 8.11. The number of hydrazine groups is 1. The van der Waals surface area contributed by atoms with Crippen molar-refractivity contribution in [3.8, 4) is 0 Å². The summed E-state index contributed by atoms with van der Waals surface area (Å²) in [6.45, 7) is 12.4. The van der Waals surface area contributed by atoms with Crippen molar-refractivity contribution in [2.24, 2.45) is 17.8 Å². The van der Waals surface area contributed by atoms with Gasteiger partial charge in [-0.15, -0.1) is 0 Å². The molecule has 10 heteroatoms. The fraction of sp³-hybridized carbons (Fsp3) is 0.926. The first-order chi connectivity index (χ1) is 17.6. The lowest BCUT2D eigenvalue weighted by Gasteiger charge is -2.40. The summed E-state index contributed by atoms with van der Waals surface area (Å²) in [7, 11) is 2.14. The lowest BCUT2D eigenvalue weighted by Crippen LogP contribution is -2.63. The molecule has 0 radical (unpaired) electrons. The minimum Gasteiger partial charge on any atom is -0.443 e. The largest absolute Gasteiger partial charge is 0.443 e.